The van der Waals surface area contributed by atoms with Crippen LogP contribution in [0.25, 0.3) is 0 Å². The fraction of sp³-hybridized carbons (Fsp3) is 0.107. The number of thioether (sulfide) groups is 1. The van der Waals surface area contributed by atoms with Crippen LogP contribution in [-0.4, -0.2) is 20.9 Å². The quantitative estimate of drug-likeness (QED) is 0.212. The summed E-state index contributed by atoms with van der Waals surface area (Å²) >= 11 is 14.0. The molecule has 0 aliphatic carbocycles. The zero-order chi connectivity index (χ0) is 26.4. The summed E-state index contributed by atoms with van der Waals surface area (Å²) in [5.74, 6) is 0.294. The molecule has 4 aromatic carbocycles. The molecule has 4 rings (SSSR count). The summed E-state index contributed by atoms with van der Waals surface area (Å²) < 4.78 is 28.0. The summed E-state index contributed by atoms with van der Waals surface area (Å²) in [5, 5.41) is 3.37. The van der Waals surface area contributed by atoms with Crippen molar-refractivity contribution in [1.29, 1.82) is 0 Å². The first-order valence-corrected chi connectivity index (χ1v) is 14.5. The lowest BCUT2D eigenvalue weighted by Gasteiger charge is -2.24. The predicted octanol–water partition coefficient (Wildman–Crippen LogP) is 7.43. The van der Waals surface area contributed by atoms with Crippen molar-refractivity contribution in [2.45, 2.75) is 22.5 Å². The molecule has 9 heteroatoms. The van der Waals surface area contributed by atoms with Gasteiger partial charge >= 0.3 is 0 Å². The van der Waals surface area contributed by atoms with Crippen molar-refractivity contribution in [3.8, 4) is 0 Å². The van der Waals surface area contributed by atoms with Crippen molar-refractivity contribution in [3.05, 3.63) is 118 Å². The minimum atomic E-state index is -4.07. The summed E-state index contributed by atoms with van der Waals surface area (Å²) in [5.41, 5.74) is 2.80. The van der Waals surface area contributed by atoms with E-state index in [4.69, 9.17) is 23.2 Å². The monoisotopic (exact) mass is 570 g/mol. The summed E-state index contributed by atoms with van der Waals surface area (Å²) in [6.45, 7) is 1.44. The summed E-state index contributed by atoms with van der Waals surface area (Å²) in [7, 11) is -4.07. The fourth-order valence-corrected chi connectivity index (χ4v) is 6.48. The van der Waals surface area contributed by atoms with Gasteiger partial charge in [0, 0.05) is 26.4 Å². The van der Waals surface area contributed by atoms with E-state index in [9.17, 15) is 13.2 Å². The minimum Gasteiger partial charge on any atom is -0.324 e. The maximum atomic E-state index is 13.5. The third-order valence-electron chi connectivity index (χ3n) is 5.47. The third kappa shape index (κ3) is 7.08. The molecule has 0 fully saturated rings. The van der Waals surface area contributed by atoms with E-state index in [-0.39, 0.29) is 20.6 Å². The molecule has 0 bridgehead atoms. The number of amides is 1. The maximum Gasteiger partial charge on any atom is 0.264 e. The molecule has 0 radical (unpaired) electrons. The van der Waals surface area contributed by atoms with E-state index < -0.39 is 22.5 Å². The lowest BCUT2D eigenvalue weighted by atomic mass is 10.1. The second kappa shape index (κ2) is 12.0. The highest BCUT2D eigenvalue weighted by Gasteiger charge is 2.28. The van der Waals surface area contributed by atoms with Gasteiger partial charge in [-0.3, -0.25) is 9.10 Å². The first-order valence-electron chi connectivity index (χ1n) is 11.3. The van der Waals surface area contributed by atoms with Gasteiger partial charge in [0.2, 0.25) is 5.91 Å². The molecule has 1 N–H and O–H groups in total. The zero-order valence-corrected chi connectivity index (χ0v) is 23.0. The molecular formula is C28H24Cl2N2O3S2. The number of nitrogens with zero attached hydrogens (tertiary/aromatic N) is 1. The van der Waals surface area contributed by atoms with E-state index in [1.54, 1.807) is 30.0 Å². The second-order valence-electron chi connectivity index (χ2n) is 8.25. The van der Waals surface area contributed by atoms with Crippen LogP contribution in [-0.2, 0) is 20.6 Å². The third-order valence-corrected chi connectivity index (χ3v) is 8.78. The van der Waals surface area contributed by atoms with Crippen LogP contribution in [0.15, 0.2) is 107 Å². The van der Waals surface area contributed by atoms with Gasteiger partial charge in [-0.2, -0.15) is 0 Å². The van der Waals surface area contributed by atoms with E-state index in [0.29, 0.717) is 5.69 Å². The summed E-state index contributed by atoms with van der Waals surface area (Å²) in [6.07, 6.45) is 0. The van der Waals surface area contributed by atoms with Crippen LogP contribution >= 0.6 is 35.0 Å². The molecule has 0 saturated heterocycles. The molecule has 0 aliphatic rings. The molecule has 0 heterocycles. The number of rotatable bonds is 9. The van der Waals surface area contributed by atoms with Crippen LogP contribution < -0.4 is 9.62 Å². The number of carbonyl (C=O) groups excluding carboxylic acids is 1. The average Bonchev–Trinajstić information content (AvgIpc) is 2.88. The van der Waals surface area contributed by atoms with Crippen LogP contribution in [0, 0.1) is 6.92 Å². The number of carbonyl (C=O) groups is 1. The SMILES string of the molecule is Cc1cc(CSc2ccccc2)ccc1NC(=O)CN(c1cc(Cl)cc(Cl)c1)S(=O)(=O)c1ccccc1. The van der Waals surface area contributed by atoms with Crippen molar-refractivity contribution < 1.29 is 13.2 Å². The molecule has 0 atom stereocenters. The zero-order valence-electron chi connectivity index (χ0n) is 19.9. The van der Waals surface area contributed by atoms with Crippen LogP contribution in [0.3, 0.4) is 0 Å². The Balaban J connectivity index is 1.53. The Morgan fingerprint density at radius 2 is 1.49 bits per heavy atom. The molecule has 37 heavy (non-hydrogen) atoms. The molecule has 0 saturated carbocycles. The van der Waals surface area contributed by atoms with E-state index >= 15 is 0 Å². The average molecular weight is 572 g/mol. The van der Waals surface area contributed by atoms with Gasteiger partial charge in [0.1, 0.15) is 6.54 Å². The van der Waals surface area contributed by atoms with E-state index in [0.717, 1.165) is 21.2 Å². The molecule has 5 nitrogen and oxygen atoms in total. The smallest absolute Gasteiger partial charge is 0.264 e. The number of aryl methyl sites for hydroxylation is 1. The molecule has 1 amide bonds. The Labute approximate surface area is 231 Å². The number of halogens is 2. The van der Waals surface area contributed by atoms with E-state index in [1.165, 1.54) is 35.2 Å². The highest BCUT2D eigenvalue weighted by Crippen LogP contribution is 2.30. The minimum absolute atomic E-state index is 0.0512. The lowest BCUT2D eigenvalue weighted by molar-refractivity contribution is -0.114. The molecular weight excluding hydrogens is 547 g/mol. The Kier molecular flexibility index (Phi) is 8.82. The summed E-state index contributed by atoms with van der Waals surface area (Å²) in [6, 6.07) is 28.3. The van der Waals surface area contributed by atoms with E-state index in [1.807, 2.05) is 43.3 Å². The summed E-state index contributed by atoms with van der Waals surface area (Å²) in [4.78, 5) is 14.3. The first-order chi connectivity index (χ1) is 17.7. The molecule has 0 unspecified atom stereocenters. The molecule has 0 aromatic heterocycles. The van der Waals surface area contributed by atoms with Crippen molar-refractivity contribution in [1.82, 2.24) is 0 Å². The van der Waals surface area contributed by atoms with Gasteiger partial charge in [-0.05, 0) is 66.6 Å². The first kappa shape index (κ1) is 27.1. The van der Waals surface area contributed by atoms with Crippen LogP contribution in [0.5, 0.6) is 0 Å². The predicted molar refractivity (Wildman–Crippen MR) is 153 cm³/mol. The largest absolute Gasteiger partial charge is 0.324 e. The fourth-order valence-electron chi connectivity index (χ4n) is 3.68. The number of sulfonamides is 1. The van der Waals surface area contributed by atoms with Crippen molar-refractivity contribution >= 4 is 62.3 Å². The van der Waals surface area contributed by atoms with Gasteiger partial charge in [-0.1, -0.05) is 71.7 Å². The Morgan fingerprint density at radius 3 is 2.11 bits per heavy atom. The van der Waals surface area contributed by atoms with Gasteiger partial charge in [0.05, 0.1) is 10.6 Å². The molecule has 190 valence electrons. The topological polar surface area (TPSA) is 66.5 Å². The molecule has 0 aliphatic heterocycles. The van der Waals surface area contributed by atoms with Crippen molar-refractivity contribution in [2.75, 3.05) is 16.2 Å². The van der Waals surface area contributed by atoms with Crippen LogP contribution in [0.1, 0.15) is 11.1 Å². The number of hydrogen-bond acceptors (Lipinski definition) is 4. The van der Waals surface area contributed by atoms with Gasteiger partial charge in [-0.15, -0.1) is 11.8 Å². The maximum absolute atomic E-state index is 13.5. The van der Waals surface area contributed by atoms with Gasteiger partial charge in [0.25, 0.3) is 10.0 Å². The van der Waals surface area contributed by atoms with Crippen LogP contribution in [0.2, 0.25) is 10.0 Å². The Hall–Kier alpha value is -2.97. The highest BCUT2D eigenvalue weighted by atomic mass is 35.5. The number of benzene rings is 4. The Morgan fingerprint density at radius 1 is 0.865 bits per heavy atom. The number of hydrogen-bond donors (Lipinski definition) is 1. The van der Waals surface area contributed by atoms with Crippen molar-refractivity contribution in [3.63, 3.8) is 0 Å². The molecule has 0 spiro atoms. The van der Waals surface area contributed by atoms with Gasteiger partial charge < -0.3 is 5.32 Å². The normalized spacial score (nSPS) is 11.2. The second-order valence-corrected chi connectivity index (χ2v) is 12.0. The number of anilines is 2. The van der Waals surface area contributed by atoms with Gasteiger partial charge in [-0.25, -0.2) is 8.42 Å². The van der Waals surface area contributed by atoms with Gasteiger partial charge in [0.15, 0.2) is 0 Å². The van der Waals surface area contributed by atoms with E-state index in [2.05, 4.69) is 17.4 Å². The van der Waals surface area contributed by atoms with Crippen LogP contribution in [0.4, 0.5) is 11.4 Å². The Bertz CT molecular complexity index is 1480. The highest BCUT2D eigenvalue weighted by molar-refractivity contribution is 7.98. The molecule has 4 aromatic rings. The van der Waals surface area contributed by atoms with Crippen molar-refractivity contribution in [2.24, 2.45) is 0 Å². The number of nitrogens with one attached hydrogen (secondary N) is 1. The lowest BCUT2D eigenvalue weighted by Crippen LogP contribution is -2.38. The standard InChI is InChI=1S/C28H24Cl2N2O3S2/c1-20-14-21(19-36-25-8-4-2-5-9-25)12-13-27(20)31-28(33)18-32(24-16-22(29)15-23(30)17-24)37(34,35)26-10-6-3-7-11-26/h2-17H,18-19H2,1H3,(H,31,33).